The number of nitrogens with two attached hydrogens (primary N) is 2. The Kier molecular flexibility index (Phi) is 6.00. The van der Waals surface area contributed by atoms with E-state index in [9.17, 15) is 9.18 Å². The summed E-state index contributed by atoms with van der Waals surface area (Å²) in [5.41, 5.74) is 14.7. The fourth-order valence-electron chi connectivity index (χ4n) is 3.11. The van der Waals surface area contributed by atoms with Crippen LogP contribution in [-0.4, -0.2) is 22.2 Å². The van der Waals surface area contributed by atoms with Gasteiger partial charge >= 0.3 is 0 Å². The molecule has 1 amide bonds. The lowest BCUT2D eigenvalue weighted by atomic mass is 9.88. The van der Waals surface area contributed by atoms with Crippen molar-refractivity contribution in [2.45, 2.75) is 12.3 Å². The number of carbonyl (C=O) groups excluding carboxylic acids is 1. The number of amides is 1. The lowest BCUT2D eigenvalue weighted by Crippen LogP contribution is -2.20. The van der Waals surface area contributed by atoms with E-state index >= 15 is 0 Å². The Morgan fingerprint density at radius 3 is 2.59 bits per heavy atom. The summed E-state index contributed by atoms with van der Waals surface area (Å²) in [6, 6.07) is 6.21. The predicted molar refractivity (Wildman–Crippen MR) is 110 cm³/mol. The van der Waals surface area contributed by atoms with Crippen LogP contribution in [0.15, 0.2) is 34.9 Å². The Balaban J connectivity index is 2.16. The third kappa shape index (κ3) is 3.94. The van der Waals surface area contributed by atoms with Crippen molar-refractivity contribution in [3.8, 4) is 11.3 Å². The second kappa shape index (κ2) is 8.10. The molecule has 0 fully saturated rings. The van der Waals surface area contributed by atoms with Gasteiger partial charge in [0.25, 0.3) is 5.91 Å². The summed E-state index contributed by atoms with van der Waals surface area (Å²) < 4.78 is 16.1. The molecule has 2 heterocycles. The molecule has 0 unspecified atom stereocenters. The number of hydrogen-bond donors (Lipinski definition) is 2. The summed E-state index contributed by atoms with van der Waals surface area (Å²) in [4.78, 5) is 12.5. The molecule has 3 aromatic rings. The van der Waals surface area contributed by atoms with Crippen LogP contribution in [0, 0.1) is 5.82 Å². The zero-order valence-electron chi connectivity index (χ0n) is 14.4. The number of aromatic nitrogens is 2. The van der Waals surface area contributed by atoms with E-state index in [4.69, 9.17) is 23.1 Å². The molecule has 0 radical (unpaired) electrons. The number of aryl methyl sites for hydroxylation is 1. The fourth-order valence-corrected chi connectivity index (χ4v) is 5.04. The van der Waals surface area contributed by atoms with E-state index < -0.39 is 5.91 Å². The molecule has 0 aliphatic heterocycles. The molecule has 5 nitrogen and oxygen atoms in total. The minimum Gasteiger partial charge on any atom is -0.365 e. The van der Waals surface area contributed by atoms with Gasteiger partial charge in [-0.05, 0) is 52.2 Å². The normalized spacial score (nSPS) is 12.3. The average Bonchev–Trinajstić information content (AvgIpc) is 3.13. The molecule has 142 valence electrons. The van der Waals surface area contributed by atoms with Crippen LogP contribution in [0.5, 0.6) is 0 Å². The molecule has 0 bridgehead atoms. The van der Waals surface area contributed by atoms with Gasteiger partial charge in [0.1, 0.15) is 10.2 Å². The molecule has 1 aromatic carbocycles. The van der Waals surface area contributed by atoms with Crippen molar-refractivity contribution in [1.29, 1.82) is 0 Å². The molecule has 0 saturated heterocycles. The van der Waals surface area contributed by atoms with E-state index in [1.165, 1.54) is 12.1 Å². The Morgan fingerprint density at radius 1 is 1.41 bits per heavy atom. The summed E-state index contributed by atoms with van der Waals surface area (Å²) in [5.74, 6) is -1.09. The van der Waals surface area contributed by atoms with E-state index in [0.29, 0.717) is 26.8 Å². The number of halogens is 3. The quantitative estimate of drug-likeness (QED) is 0.568. The zero-order valence-corrected chi connectivity index (χ0v) is 17.5. The van der Waals surface area contributed by atoms with Crippen molar-refractivity contribution in [3.05, 3.63) is 61.1 Å². The summed E-state index contributed by atoms with van der Waals surface area (Å²) >= 11 is 11.1. The minimum atomic E-state index is -0.556. The molecule has 3 rings (SSSR count). The third-order valence-electron chi connectivity index (χ3n) is 4.35. The number of primary amides is 1. The highest BCUT2D eigenvalue weighted by Gasteiger charge is 2.29. The van der Waals surface area contributed by atoms with Gasteiger partial charge in [-0.3, -0.25) is 9.48 Å². The van der Waals surface area contributed by atoms with Crippen molar-refractivity contribution in [1.82, 2.24) is 9.78 Å². The summed E-state index contributed by atoms with van der Waals surface area (Å²) in [7, 11) is 1.79. The number of thiophene rings is 1. The van der Waals surface area contributed by atoms with E-state index in [-0.39, 0.29) is 18.3 Å². The second-order valence-electron chi connectivity index (χ2n) is 6.09. The minimum absolute atomic E-state index is 0.224. The first-order valence-corrected chi connectivity index (χ1v) is 10.1. The van der Waals surface area contributed by atoms with Crippen LogP contribution >= 0.6 is 38.9 Å². The molecule has 0 aliphatic rings. The van der Waals surface area contributed by atoms with Gasteiger partial charge in [-0.25, -0.2) is 4.39 Å². The molecule has 0 spiro atoms. The van der Waals surface area contributed by atoms with Crippen molar-refractivity contribution < 1.29 is 9.18 Å². The molecule has 4 N–H and O–H groups in total. The molecular weight excluding hydrogens is 455 g/mol. The molecule has 27 heavy (non-hydrogen) atoms. The van der Waals surface area contributed by atoms with Gasteiger partial charge in [-0.15, -0.1) is 11.3 Å². The predicted octanol–water partition coefficient (Wildman–Crippen LogP) is 4.09. The van der Waals surface area contributed by atoms with Gasteiger partial charge in [0.05, 0.1) is 21.2 Å². The largest absolute Gasteiger partial charge is 0.365 e. The topological polar surface area (TPSA) is 86.9 Å². The number of hydrogen-bond acceptors (Lipinski definition) is 4. The van der Waals surface area contributed by atoms with Crippen LogP contribution in [0.3, 0.4) is 0 Å². The van der Waals surface area contributed by atoms with E-state index in [2.05, 4.69) is 21.0 Å². The Morgan fingerprint density at radius 2 is 2.07 bits per heavy atom. The Hall–Kier alpha value is -1.74. The lowest BCUT2D eigenvalue weighted by Gasteiger charge is -2.18. The highest BCUT2D eigenvalue weighted by atomic mass is 79.9. The molecule has 9 heteroatoms. The fraction of sp³-hybridized carbons (Fsp3) is 0.222. The Labute approximate surface area is 173 Å². The Bertz CT molecular complexity index is 967. The van der Waals surface area contributed by atoms with Crippen molar-refractivity contribution in [2.24, 2.45) is 18.5 Å². The van der Waals surface area contributed by atoms with Gasteiger partial charge in [0.2, 0.25) is 0 Å². The average molecular weight is 472 g/mol. The smallest absolute Gasteiger partial charge is 0.259 e. The summed E-state index contributed by atoms with van der Waals surface area (Å²) in [6.07, 6.45) is 2.18. The number of nitrogens with zero attached hydrogens (tertiary/aromatic N) is 2. The van der Waals surface area contributed by atoms with Gasteiger partial charge in [-0.1, -0.05) is 23.7 Å². The van der Waals surface area contributed by atoms with Gasteiger partial charge in [0.15, 0.2) is 0 Å². The van der Waals surface area contributed by atoms with Crippen LogP contribution in [0.1, 0.15) is 26.7 Å². The van der Waals surface area contributed by atoms with Crippen molar-refractivity contribution in [3.63, 3.8) is 0 Å². The molecule has 2 aromatic heterocycles. The standard InChI is InChI=1S/C18H17BrClFN4OS/c1-25-15(12(19)8-24-25)14-13(16(18(23)26)27-17(14)20)10(7-22)6-9-2-4-11(21)5-3-9/h2-5,8,10H,6-7,22H2,1H3,(H2,23,26)/t10-/m1/s1. The zero-order chi connectivity index (χ0) is 19.7. The van der Waals surface area contributed by atoms with E-state index in [1.54, 1.807) is 30.1 Å². The number of benzene rings is 1. The number of rotatable bonds is 6. The maximum Gasteiger partial charge on any atom is 0.259 e. The first-order chi connectivity index (χ1) is 12.8. The van der Waals surface area contributed by atoms with E-state index in [0.717, 1.165) is 27.1 Å². The SMILES string of the molecule is Cn1ncc(Br)c1-c1c(Cl)sc(C(N)=O)c1[C@@H](CN)Cc1ccc(F)cc1. The summed E-state index contributed by atoms with van der Waals surface area (Å²) in [5, 5.41) is 4.23. The van der Waals surface area contributed by atoms with Crippen molar-refractivity contribution in [2.75, 3.05) is 6.54 Å². The number of carbonyl (C=O) groups is 1. The second-order valence-corrected chi connectivity index (χ2v) is 8.56. The van der Waals surface area contributed by atoms with Crippen molar-refractivity contribution >= 4 is 44.8 Å². The molecule has 1 atom stereocenters. The summed E-state index contributed by atoms with van der Waals surface area (Å²) in [6.45, 7) is 0.271. The lowest BCUT2D eigenvalue weighted by molar-refractivity contribution is 0.100. The maximum absolute atomic E-state index is 13.2. The first kappa shape index (κ1) is 20.0. The van der Waals surface area contributed by atoms with Crippen LogP contribution < -0.4 is 11.5 Å². The maximum atomic E-state index is 13.2. The van der Waals surface area contributed by atoms with E-state index in [1.807, 2.05) is 0 Å². The van der Waals surface area contributed by atoms with Gasteiger partial charge in [-0.2, -0.15) is 5.10 Å². The monoisotopic (exact) mass is 470 g/mol. The molecular formula is C18H17BrClFN4OS. The highest BCUT2D eigenvalue weighted by molar-refractivity contribution is 9.10. The molecule has 0 saturated carbocycles. The highest BCUT2D eigenvalue weighted by Crippen LogP contribution is 2.46. The molecule has 0 aliphatic carbocycles. The van der Waals surface area contributed by atoms with Gasteiger partial charge in [0, 0.05) is 18.5 Å². The van der Waals surface area contributed by atoms with Crippen LogP contribution in [0.2, 0.25) is 4.34 Å². The first-order valence-electron chi connectivity index (χ1n) is 8.07. The third-order valence-corrected chi connectivity index (χ3v) is 6.35. The van der Waals surface area contributed by atoms with Crippen LogP contribution in [0.25, 0.3) is 11.3 Å². The van der Waals surface area contributed by atoms with Gasteiger partial charge < -0.3 is 11.5 Å². The van der Waals surface area contributed by atoms with Crippen LogP contribution in [-0.2, 0) is 13.5 Å². The van der Waals surface area contributed by atoms with Crippen LogP contribution in [0.4, 0.5) is 4.39 Å².